The summed E-state index contributed by atoms with van der Waals surface area (Å²) in [6.07, 6.45) is -0.153. The van der Waals surface area contributed by atoms with E-state index in [1.165, 1.54) is 10.5 Å². The molecule has 4 rings (SSSR count). The van der Waals surface area contributed by atoms with Gasteiger partial charge in [0.15, 0.2) is 0 Å². The molecule has 0 aliphatic carbocycles. The van der Waals surface area contributed by atoms with Crippen LogP contribution in [0.3, 0.4) is 0 Å². The third-order valence-electron chi connectivity index (χ3n) is 5.49. The van der Waals surface area contributed by atoms with Crippen molar-refractivity contribution >= 4 is 17.7 Å². The molecule has 29 heavy (non-hydrogen) atoms. The van der Waals surface area contributed by atoms with Gasteiger partial charge in [0.2, 0.25) is 5.91 Å². The number of hydrogen-bond acceptors (Lipinski definition) is 4. The van der Waals surface area contributed by atoms with E-state index in [0.717, 1.165) is 5.56 Å². The van der Waals surface area contributed by atoms with Crippen molar-refractivity contribution in [2.75, 3.05) is 19.6 Å². The molecule has 0 aromatic heterocycles. The highest BCUT2D eigenvalue weighted by Crippen LogP contribution is 2.27. The van der Waals surface area contributed by atoms with Crippen molar-refractivity contribution in [3.8, 4) is 0 Å². The first-order valence-electron chi connectivity index (χ1n) is 9.89. The Morgan fingerprint density at radius 1 is 1.00 bits per heavy atom. The second kappa shape index (κ2) is 7.79. The van der Waals surface area contributed by atoms with Crippen molar-refractivity contribution in [1.29, 1.82) is 0 Å². The van der Waals surface area contributed by atoms with Crippen LogP contribution < -0.4 is 0 Å². The molecule has 6 heteroatoms. The molecule has 2 unspecified atom stereocenters. The van der Waals surface area contributed by atoms with E-state index in [2.05, 4.69) is 0 Å². The van der Waals surface area contributed by atoms with E-state index in [4.69, 9.17) is 4.74 Å². The van der Waals surface area contributed by atoms with Gasteiger partial charge in [-0.3, -0.25) is 19.3 Å². The standard InChI is InChI=1S/C23H24N2O4/c1-15-7-9-17(10-8-15)20-14-24(13-16(2)29-20)21(26)11-12-25-22(27)18-5-3-4-6-19(18)23(25)28/h3-10,16,20H,11-14H2,1-2H3. The summed E-state index contributed by atoms with van der Waals surface area (Å²) in [4.78, 5) is 40.7. The monoisotopic (exact) mass is 392 g/mol. The van der Waals surface area contributed by atoms with Crippen LogP contribution in [0.4, 0.5) is 0 Å². The van der Waals surface area contributed by atoms with Crippen molar-refractivity contribution in [2.24, 2.45) is 0 Å². The number of fused-ring (bicyclic) bond motifs is 1. The minimum absolute atomic E-state index is 0.0752. The molecule has 2 aliphatic heterocycles. The summed E-state index contributed by atoms with van der Waals surface area (Å²) in [6, 6.07) is 14.9. The van der Waals surface area contributed by atoms with Gasteiger partial charge in [-0.1, -0.05) is 42.0 Å². The Hall–Kier alpha value is -2.99. The first-order valence-corrected chi connectivity index (χ1v) is 9.89. The number of ether oxygens (including phenoxy) is 1. The average molecular weight is 392 g/mol. The van der Waals surface area contributed by atoms with Crippen LogP contribution in [0.5, 0.6) is 0 Å². The fourth-order valence-corrected chi connectivity index (χ4v) is 3.93. The molecular formula is C23H24N2O4. The Balaban J connectivity index is 1.40. The fourth-order valence-electron chi connectivity index (χ4n) is 3.93. The van der Waals surface area contributed by atoms with Gasteiger partial charge < -0.3 is 9.64 Å². The van der Waals surface area contributed by atoms with Crippen molar-refractivity contribution in [2.45, 2.75) is 32.5 Å². The SMILES string of the molecule is Cc1ccc(C2CN(C(=O)CCN3C(=O)c4ccccc4C3=O)CC(C)O2)cc1. The molecule has 0 bridgehead atoms. The van der Waals surface area contributed by atoms with E-state index < -0.39 is 0 Å². The third-order valence-corrected chi connectivity index (χ3v) is 5.49. The lowest BCUT2D eigenvalue weighted by Gasteiger charge is -2.37. The minimum Gasteiger partial charge on any atom is -0.367 e. The molecule has 2 aromatic carbocycles. The van der Waals surface area contributed by atoms with Gasteiger partial charge in [-0.15, -0.1) is 0 Å². The number of hydrogen-bond donors (Lipinski definition) is 0. The summed E-state index contributed by atoms with van der Waals surface area (Å²) in [7, 11) is 0. The number of carbonyl (C=O) groups excluding carboxylic acids is 3. The molecule has 1 fully saturated rings. The van der Waals surface area contributed by atoms with E-state index in [1.54, 1.807) is 29.2 Å². The first kappa shape index (κ1) is 19.3. The van der Waals surface area contributed by atoms with Crippen molar-refractivity contribution in [3.05, 3.63) is 70.8 Å². The molecule has 2 heterocycles. The molecule has 3 amide bonds. The van der Waals surface area contributed by atoms with E-state index in [-0.39, 0.29) is 42.9 Å². The second-order valence-corrected chi connectivity index (χ2v) is 7.70. The van der Waals surface area contributed by atoms with Crippen LogP contribution in [-0.4, -0.2) is 53.3 Å². The molecule has 1 saturated heterocycles. The number of nitrogens with zero attached hydrogens (tertiary/aromatic N) is 2. The number of morpholine rings is 1. The highest BCUT2D eigenvalue weighted by Gasteiger charge is 2.36. The summed E-state index contributed by atoms with van der Waals surface area (Å²) < 4.78 is 6.03. The van der Waals surface area contributed by atoms with Crippen LogP contribution in [-0.2, 0) is 9.53 Å². The number of imide groups is 1. The molecule has 2 atom stereocenters. The van der Waals surface area contributed by atoms with E-state index in [1.807, 2.05) is 38.1 Å². The minimum atomic E-state index is -0.328. The molecule has 0 spiro atoms. The van der Waals surface area contributed by atoms with E-state index in [9.17, 15) is 14.4 Å². The molecular weight excluding hydrogens is 368 g/mol. The van der Waals surface area contributed by atoms with Crippen LogP contribution in [0.15, 0.2) is 48.5 Å². The maximum atomic E-state index is 12.8. The van der Waals surface area contributed by atoms with Gasteiger partial charge >= 0.3 is 0 Å². The lowest BCUT2D eigenvalue weighted by Crippen LogP contribution is -2.47. The van der Waals surface area contributed by atoms with Gasteiger partial charge in [-0.25, -0.2) is 0 Å². The average Bonchev–Trinajstić information content (AvgIpc) is 2.96. The van der Waals surface area contributed by atoms with Crippen molar-refractivity contribution in [3.63, 3.8) is 0 Å². The van der Waals surface area contributed by atoms with Crippen LogP contribution in [0.1, 0.15) is 51.3 Å². The summed E-state index contributed by atoms with van der Waals surface area (Å²) in [5.74, 6) is -0.730. The molecule has 0 radical (unpaired) electrons. The van der Waals surface area contributed by atoms with Crippen molar-refractivity contribution < 1.29 is 19.1 Å². The van der Waals surface area contributed by atoms with Crippen LogP contribution >= 0.6 is 0 Å². The molecule has 0 N–H and O–H groups in total. The van der Waals surface area contributed by atoms with Gasteiger partial charge in [0.25, 0.3) is 11.8 Å². The zero-order valence-corrected chi connectivity index (χ0v) is 16.6. The highest BCUT2D eigenvalue weighted by molar-refractivity contribution is 6.21. The Morgan fingerprint density at radius 3 is 2.24 bits per heavy atom. The maximum Gasteiger partial charge on any atom is 0.261 e. The van der Waals surface area contributed by atoms with Gasteiger partial charge in [0, 0.05) is 19.5 Å². The van der Waals surface area contributed by atoms with Crippen LogP contribution in [0, 0.1) is 6.92 Å². The second-order valence-electron chi connectivity index (χ2n) is 7.70. The lowest BCUT2D eigenvalue weighted by molar-refractivity contribution is -0.145. The summed E-state index contributed by atoms with van der Waals surface area (Å²) in [6.45, 7) is 5.04. The van der Waals surface area contributed by atoms with Gasteiger partial charge in [-0.05, 0) is 31.5 Å². The molecule has 2 aliphatic rings. The number of carbonyl (C=O) groups is 3. The summed E-state index contributed by atoms with van der Waals surface area (Å²) >= 11 is 0. The highest BCUT2D eigenvalue weighted by atomic mass is 16.5. The van der Waals surface area contributed by atoms with Gasteiger partial charge in [0.1, 0.15) is 6.10 Å². The number of amides is 3. The van der Waals surface area contributed by atoms with E-state index in [0.29, 0.717) is 24.2 Å². The molecule has 6 nitrogen and oxygen atoms in total. The molecule has 0 saturated carbocycles. The smallest absolute Gasteiger partial charge is 0.261 e. The van der Waals surface area contributed by atoms with E-state index >= 15 is 0 Å². The Bertz CT molecular complexity index is 919. The van der Waals surface area contributed by atoms with Crippen molar-refractivity contribution in [1.82, 2.24) is 9.80 Å². The van der Waals surface area contributed by atoms with Gasteiger partial charge in [0.05, 0.1) is 23.8 Å². The largest absolute Gasteiger partial charge is 0.367 e. The van der Waals surface area contributed by atoms with Crippen LogP contribution in [0.2, 0.25) is 0 Å². The maximum absolute atomic E-state index is 12.8. The molecule has 150 valence electrons. The fraction of sp³-hybridized carbons (Fsp3) is 0.348. The summed E-state index contributed by atoms with van der Waals surface area (Å²) in [5.41, 5.74) is 3.03. The van der Waals surface area contributed by atoms with Crippen LogP contribution in [0.25, 0.3) is 0 Å². The lowest BCUT2D eigenvalue weighted by atomic mass is 10.0. The zero-order valence-electron chi connectivity index (χ0n) is 16.6. The molecule has 2 aromatic rings. The Kier molecular flexibility index (Phi) is 5.20. The van der Waals surface area contributed by atoms with Gasteiger partial charge in [-0.2, -0.15) is 0 Å². The quantitative estimate of drug-likeness (QED) is 0.751. The number of aryl methyl sites for hydroxylation is 1. The number of benzene rings is 2. The Labute approximate surface area is 170 Å². The zero-order chi connectivity index (χ0) is 20.5. The first-order chi connectivity index (χ1) is 13.9. The normalized spacial score (nSPS) is 21.4. The summed E-state index contributed by atoms with van der Waals surface area (Å²) in [5, 5.41) is 0. The topological polar surface area (TPSA) is 66.9 Å². The third kappa shape index (κ3) is 3.80. The predicted molar refractivity (Wildman–Crippen MR) is 107 cm³/mol. The number of rotatable bonds is 4. The predicted octanol–water partition coefficient (Wildman–Crippen LogP) is 2.97. The Morgan fingerprint density at radius 2 is 1.62 bits per heavy atom.